The van der Waals surface area contributed by atoms with E-state index in [9.17, 15) is 9.59 Å². The fourth-order valence-corrected chi connectivity index (χ4v) is 3.44. The van der Waals surface area contributed by atoms with E-state index < -0.39 is 6.04 Å². The van der Waals surface area contributed by atoms with Crippen LogP contribution in [-0.2, 0) is 22.6 Å². The van der Waals surface area contributed by atoms with Gasteiger partial charge >= 0.3 is 0 Å². The third-order valence-corrected chi connectivity index (χ3v) is 4.81. The summed E-state index contributed by atoms with van der Waals surface area (Å²) in [6, 6.07) is 15.0. The Kier molecular flexibility index (Phi) is 8.04. The number of ether oxygens (including phenoxy) is 1. The largest absolute Gasteiger partial charge is 0.497 e. The minimum absolute atomic E-state index is 0.0701. The van der Waals surface area contributed by atoms with Crippen LogP contribution < -0.4 is 10.1 Å². The Morgan fingerprint density at radius 1 is 1.07 bits per heavy atom. The highest BCUT2D eigenvalue weighted by atomic mass is 16.5. The smallest absolute Gasteiger partial charge is 0.243 e. The number of nitrogens with one attached hydrogen (secondary N) is 1. The van der Waals surface area contributed by atoms with Crippen LogP contribution in [0.25, 0.3) is 0 Å². The van der Waals surface area contributed by atoms with Crippen LogP contribution >= 0.6 is 0 Å². The van der Waals surface area contributed by atoms with Crippen molar-refractivity contribution in [3.8, 4) is 5.75 Å². The first-order valence-electron chi connectivity index (χ1n) is 10.4. The molecular weight excluding hydrogens is 376 g/mol. The molecule has 0 saturated carbocycles. The van der Waals surface area contributed by atoms with E-state index in [0.717, 1.165) is 22.4 Å². The van der Waals surface area contributed by atoms with Gasteiger partial charge in [-0.05, 0) is 57.4 Å². The van der Waals surface area contributed by atoms with E-state index in [1.807, 2.05) is 83.1 Å². The van der Waals surface area contributed by atoms with Gasteiger partial charge in [0.1, 0.15) is 11.8 Å². The Morgan fingerprint density at radius 2 is 1.73 bits per heavy atom. The Labute approximate surface area is 180 Å². The van der Waals surface area contributed by atoms with Crippen molar-refractivity contribution in [3.63, 3.8) is 0 Å². The van der Waals surface area contributed by atoms with E-state index in [1.54, 1.807) is 12.0 Å². The summed E-state index contributed by atoms with van der Waals surface area (Å²) in [7, 11) is 1.62. The van der Waals surface area contributed by atoms with Crippen LogP contribution in [0.2, 0.25) is 0 Å². The van der Waals surface area contributed by atoms with Crippen molar-refractivity contribution in [2.75, 3.05) is 7.11 Å². The average molecular weight is 411 g/mol. The lowest BCUT2D eigenvalue weighted by Gasteiger charge is -2.33. The number of benzene rings is 2. The SMILES string of the molecule is CCC(C(=O)NC(C)(C)C)N(Cc1cccc(OC)c1)C(=O)Cc1cccc(C)c1. The van der Waals surface area contributed by atoms with Crippen LogP contribution in [0.3, 0.4) is 0 Å². The number of carbonyl (C=O) groups is 2. The first kappa shape index (κ1) is 23.5. The molecule has 5 nitrogen and oxygen atoms in total. The molecule has 1 unspecified atom stereocenters. The zero-order valence-electron chi connectivity index (χ0n) is 19.0. The normalized spacial score (nSPS) is 12.2. The van der Waals surface area contributed by atoms with Gasteiger partial charge in [-0.1, -0.05) is 48.9 Å². The molecule has 0 radical (unpaired) electrons. The van der Waals surface area contributed by atoms with Crippen molar-refractivity contribution in [1.82, 2.24) is 10.2 Å². The molecule has 0 fully saturated rings. The van der Waals surface area contributed by atoms with E-state index in [4.69, 9.17) is 4.74 Å². The average Bonchev–Trinajstić information content (AvgIpc) is 2.66. The summed E-state index contributed by atoms with van der Waals surface area (Å²) in [5, 5.41) is 3.03. The number of nitrogens with zero attached hydrogens (tertiary/aromatic N) is 1. The highest BCUT2D eigenvalue weighted by Crippen LogP contribution is 2.19. The maximum atomic E-state index is 13.4. The second-order valence-corrected chi connectivity index (χ2v) is 8.70. The molecule has 0 aliphatic heterocycles. The molecule has 0 aromatic heterocycles. The van der Waals surface area contributed by atoms with E-state index in [0.29, 0.717) is 13.0 Å². The van der Waals surface area contributed by atoms with Crippen LogP contribution in [0.15, 0.2) is 48.5 Å². The molecule has 0 spiro atoms. The van der Waals surface area contributed by atoms with Crippen LogP contribution in [-0.4, -0.2) is 35.4 Å². The van der Waals surface area contributed by atoms with Gasteiger partial charge in [-0.15, -0.1) is 0 Å². The van der Waals surface area contributed by atoms with Gasteiger partial charge < -0.3 is 15.0 Å². The zero-order chi connectivity index (χ0) is 22.3. The molecular formula is C25H34N2O3. The van der Waals surface area contributed by atoms with Gasteiger partial charge in [-0.2, -0.15) is 0 Å². The van der Waals surface area contributed by atoms with Gasteiger partial charge in [-0.3, -0.25) is 9.59 Å². The fraction of sp³-hybridized carbons (Fsp3) is 0.440. The third-order valence-electron chi connectivity index (χ3n) is 4.81. The topological polar surface area (TPSA) is 58.6 Å². The number of methoxy groups -OCH3 is 1. The molecule has 2 amide bonds. The maximum Gasteiger partial charge on any atom is 0.243 e. The molecule has 0 heterocycles. The fourth-order valence-electron chi connectivity index (χ4n) is 3.44. The van der Waals surface area contributed by atoms with E-state index >= 15 is 0 Å². The monoisotopic (exact) mass is 410 g/mol. The van der Waals surface area contributed by atoms with Gasteiger partial charge in [-0.25, -0.2) is 0 Å². The molecule has 0 aliphatic carbocycles. The Morgan fingerprint density at radius 3 is 2.33 bits per heavy atom. The number of hydrogen-bond acceptors (Lipinski definition) is 3. The Hall–Kier alpha value is -2.82. The molecule has 0 bridgehead atoms. The van der Waals surface area contributed by atoms with Gasteiger partial charge in [0.25, 0.3) is 0 Å². The minimum atomic E-state index is -0.548. The summed E-state index contributed by atoms with van der Waals surface area (Å²) < 4.78 is 5.32. The molecule has 2 rings (SSSR count). The summed E-state index contributed by atoms with van der Waals surface area (Å²) >= 11 is 0. The molecule has 1 N–H and O–H groups in total. The van der Waals surface area contributed by atoms with Gasteiger partial charge in [0.2, 0.25) is 11.8 Å². The number of amides is 2. The summed E-state index contributed by atoms with van der Waals surface area (Å²) in [6.07, 6.45) is 0.788. The minimum Gasteiger partial charge on any atom is -0.497 e. The predicted molar refractivity (Wildman–Crippen MR) is 120 cm³/mol. The third kappa shape index (κ3) is 6.90. The second kappa shape index (κ2) is 10.3. The molecule has 30 heavy (non-hydrogen) atoms. The molecule has 1 atom stereocenters. The Bertz CT molecular complexity index is 871. The maximum absolute atomic E-state index is 13.4. The van der Waals surface area contributed by atoms with Gasteiger partial charge in [0, 0.05) is 12.1 Å². The molecule has 5 heteroatoms. The van der Waals surface area contributed by atoms with Crippen molar-refractivity contribution >= 4 is 11.8 Å². The Balaban J connectivity index is 2.33. The van der Waals surface area contributed by atoms with E-state index in [2.05, 4.69) is 5.32 Å². The molecule has 0 saturated heterocycles. The first-order chi connectivity index (χ1) is 14.1. The van der Waals surface area contributed by atoms with E-state index in [1.165, 1.54) is 0 Å². The molecule has 162 valence electrons. The lowest BCUT2D eigenvalue weighted by molar-refractivity contribution is -0.141. The lowest BCUT2D eigenvalue weighted by atomic mass is 10.0. The lowest BCUT2D eigenvalue weighted by Crippen LogP contribution is -2.53. The van der Waals surface area contributed by atoms with Gasteiger partial charge in [0.05, 0.1) is 13.5 Å². The summed E-state index contributed by atoms with van der Waals surface area (Å²) in [5.41, 5.74) is 2.61. The summed E-state index contributed by atoms with van der Waals surface area (Å²) in [5.74, 6) is 0.524. The summed E-state index contributed by atoms with van der Waals surface area (Å²) in [4.78, 5) is 28.1. The molecule has 2 aromatic rings. The zero-order valence-corrected chi connectivity index (χ0v) is 19.0. The quantitative estimate of drug-likeness (QED) is 0.707. The van der Waals surface area contributed by atoms with E-state index in [-0.39, 0.29) is 23.8 Å². The van der Waals surface area contributed by atoms with Crippen LogP contribution in [0.4, 0.5) is 0 Å². The van der Waals surface area contributed by atoms with Crippen molar-refractivity contribution in [3.05, 3.63) is 65.2 Å². The number of rotatable bonds is 8. The van der Waals surface area contributed by atoms with Crippen LogP contribution in [0, 0.1) is 6.92 Å². The number of aryl methyl sites for hydroxylation is 1. The van der Waals surface area contributed by atoms with Crippen molar-refractivity contribution in [2.24, 2.45) is 0 Å². The highest BCUT2D eigenvalue weighted by Gasteiger charge is 2.30. The van der Waals surface area contributed by atoms with Crippen molar-refractivity contribution in [2.45, 2.75) is 65.6 Å². The first-order valence-corrected chi connectivity index (χ1v) is 10.4. The second-order valence-electron chi connectivity index (χ2n) is 8.70. The van der Waals surface area contributed by atoms with Gasteiger partial charge in [0.15, 0.2) is 0 Å². The van der Waals surface area contributed by atoms with Crippen molar-refractivity contribution < 1.29 is 14.3 Å². The molecule has 0 aliphatic rings. The molecule has 2 aromatic carbocycles. The number of hydrogen-bond donors (Lipinski definition) is 1. The highest BCUT2D eigenvalue weighted by molar-refractivity contribution is 5.88. The number of carbonyl (C=O) groups excluding carboxylic acids is 2. The van der Waals surface area contributed by atoms with Crippen LogP contribution in [0.5, 0.6) is 5.75 Å². The van der Waals surface area contributed by atoms with Crippen LogP contribution in [0.1, 0.15) is 50.8 Å². The standard InChI is InChI=1S/C25H34N2O3/c1-7-22(24(29)26-25(3,4)5)27(17-20-12-9-13-21(15-20)30-6)23(28)16-19-11-8-10-18(2)14-19/h8-15,22H,7,16-17H2,1-6H3,(H,26,29). The van der Waals surface area contributed by atoms with Crippen molar-refractivity contribution in [1.29, 1.82) is 0 Å². The predicted octanol–water partition coefficient (Wildman–Crippen LogP) is 4.27. The summed E-state index contributed by atoms with van der Waals surface area (Å²) in [6.45, 7) is 10.1.